The minimum Gasteiger partial charge on any atom is -0.375 e. The van der Waals surface area contributed by atoms with Crippen LogP contribution in [-0.4, -0.2) is 12.2 Å². The lowest BCUT2D eigenvalue weighted by atomic mass is 9.63. The molecule has 150 valence electrons. The Balaban J connectivity index is 3.13. The molecule has 0 bridgehead atoms. The van der Waals surface area contributed by atoms with Crippen LogP contribution in [0.3, 0.4) is 0 Å². The van der Waals surface area contributed by atoms with Crippen molar-refractivity contribution in [3.8, 4) is 0 Å². The highest BCUT2D eigenvalue weighted by molar-refractivity contribution is 5.09. The molecule has 2 heteroatoms. The quantitative estimate of drug-likeness (QED) is 0.520. The van der Waals surface area contributed by atoms with Crippen molar-refractivity contribution in [2.24, 2.45) is 23.3 Å². The summed E-state index contributed by atoms with van der Waals surface area (Å²) in [6.45, 7) is 23.8. The Kier molecular flexibility index (Phi) is 7.13. The second-order valence-electron chi connectivity index (χ2n) is 11.8. The van der Waals surface area contributed by atoms with Crippen molar-refractivity contribution >= 4 is 0 Å². The normalized spacial score (nSPS) is 15.2. The summed E-state index contributed by atoms with van der Waals surface area (Å²) in [5, 5.41) is 0. The number of hydrogen-bond acceptors (Lipinski definition) is 1. The largest absolute Gasteiger partial charge is 0.375 e. The molecule has 0 aliphatic carbocycles. The van der Waals surface area contributed by atoms with Gasteiger partial charge < -0.3 is 4.74 Å². The summed E-state index contributed by atoms with van der Waals surface area (Å²) in [7, 11) is 2.18. The van der Waals surface area contributed by atoms with Crippen molar-refractivity contribution in [2.75, 3.05) is 6.61 Å². The van der Waals surface area contributed by atoms with Gasteiger partial charge in [-0.3, -0.25) is 0 Å². The molecule has 0 spiro atoms. The van der Waals surface area contributed by atoms with E-state index < -0.39 is 0 Å². The van der Waals surface area contributed by atoms with Crippen LogP contribution >= 0.6 is 0 Å². The maximum absolute atomic E-state index is 6.14. The minimum absolute atomic E-state index is 0.0852. The third-order valence-corrected chi connectivity index (χ3v) is 5.04. The van der Waals surface area contributed by atoms with Gasteiger partial charge in [-0.25, -0.2) is 4.57 Å². The summed E-state index contributed by atoms with van der Waals surface area (Å²) in [6, 6.07) is 6.59. The molecule has 0 N–H and O–H groups in total. The van der Waals surface area contributed by atoms with Crippen molar-refractivity contribution in [2.45, 2.75) is 93.6 Å². The van der Waals surface area contributed by atoms with Crippen LogP contribution in [0.4, 0.5) is 0 Å². The van der Waals surface area contributed by atoms with E-state index >= 15 is 0 Å². The minimum atomic E-state index is -0.0852. The zero-order valence-corrected chi connectivity index (χ0v) is 19.4. The fraction of sp³-hybridized carbons (Fsp3) is 0.792. The number of rotatable bonds is 7. The van der Waals surface area contributed by atoms with Crippen molar-refractivity contribution < 1.29 is 9.30 Å². The molecule has 0 radical (unpaired) electrons. The summed E-state index contributed by atoms with van der Waals surface area (Å²) < 4.78 is 8.45. The van der Waals surface area contributed by atoms with Crippen LogP contribution in [0.1, 0.15) is 93.7 Å². The Morgan fingerprint density at radius 3 is 1.96 bits per heavy atom. The lowest BCUT2D eigenvalue weighted by molar-refractivity contribution is -0.681. The predicted octanol–water partition coefficient (Wildman–Crippen LogP) is 6.29. The Bertz CT molecular complexity index is 573. The van der Waals surface area contributed by atoms with E-state index in [4.69, 9.17) is 4.74 Å². The molecule has 1 unspecified atom stereocenters. The van der Waals surface area contributed by atoms with E-state index in [1.165, 1.54) is 12.1 Å². The Morgan fingerprint density at radius 2 is 1.50 bits per heavy atom. The molecule has 26 heavy (non-hydrogen) atoms. The van der Waals surface area contributed by atoms with Crippen molar-refractivity contribution in [1.82, 2.24) is 0 Å². The molecule has 1 rings (SSSR count). The van der Waals surface area contributed by atoms with E-state index in [1.807, 2.05) is 0 Å². The van der Waals surface area contributed by atoms with E-state index in [0.717, 1.165) is 13.0 Å². The van der Waals surface area contributed by atoms with Gasteiger partial charge >= 0.3 is 0 Å². The van der Waals surface area contributed by atoms with Gasteiger partial charge in [-0.05, 0) is 49.9 Å². The van der Waals surface area contributed by atoms with Gasteiger partial charge in [0.15, 0.2) is 11.9 Å². The predicted molar refractivity (Wildman–Crippen MR) is 112 cm³/mol. The standard InChI is InChI=1S/C24H44NO/c1-21(2,3)16-19(20-14-12-13-15-25(20)11)24(9,10)17-23(7,8)18-26-22(4,5)6/h12-15,19H,16-18H2,1-11H3/q+1. The zero-order valence-electron chi connectivity index (χ0n) is 19.4. The highest BCUT2D eigenvalue weighted by atomic mass is 16.5. The SMILES string of the molecule is C[n+]1ccccc1C(CC(C)(C)C)C(C)(C)CC(C)(C)COC(C)(C)C. The first-order valence-electron chi connectivity index (χ1n) is 10.1. The molecule has 0 amide bonds. The molecule has 0 saturated carbocycles. The van der Waals surface area contributed by atoms with Crippen molar-refractivity contribution in [1.29, 1.82) is 0 Å². The van der Waals surface area contributed by atoms with E-state index in [-0.39, 0.29) is 21.8 Å². The van der Waals surface area contributed by atoms with E-state index in [2.05, 4.69) is 105 Å². The van der Waals surface area contributed by atoms with Crippen LogP contribution < -0.4 is 4.57 Å². The second kappa shape index (κ2) is 8.00. The molecule has 0 aliphatic rings. The zero-order chi connectivity index (χ0) is 20.4. The van der Waals surface area contributed by atoms with Gasteiger partial charge in [-0.2, -0.15) is 0 Å². The fourth-order valence-corrected chi connectivity index (χ4v) is 4.11. The molecule has 0 fully saturated rings. The lowest BCUT2D eigenvalue weighted by Crippen LogP contribution is -2.42. The van der Waals surface area contributed by atoms with E-state index in [9.17, 15) is 0 Å². The molecule has 0 aliphatic heterocycles. The second-order valence-corrected chi connectivity index (χ2v) is 11.8. The van der Waals surface area contributed by atoms with Gasteiger partial charge in [0.2, 0.25) is 0 Å². The maximum Gasteiger partial charge on any atom is 0.184 e. The summed E-state index contributed by atoms with van der Waals surface area (Å²) in [4.78, 5) is 0. The first-order chi connectivity index (χ1) is 11.5. The molecular weight excluding hydrogens is 318 g/mol. The Hall–Kier alpha value is -0.890. The maximum atomic E-state index is 6.14. The number of ether oxygens (including phenoxy) is 1. The average Bonchev–Trinajstić information content (AvgIpc) is 2.41. The van der Waals surface area contributed by atoms with Gasteiger partial charge in [0.1, 0.15) is 7.05 Å². The molecule has 0 saturated heterocycles. The van der Waals surface area contributed by atoms with Crippen LogP contribution in [-0.2, 0) is 11.8 Å². The first-order valence-corrected chi connectivity index (χ1v) is 10.1. The Morgan fingerprint density at radius 1 is 0.923 bits per heavy atom. The van der Waals surface area contributed by atoms with Crippen molar-refractivity contribution in [3.05, 3.63) is 30.1 Å². The molecule has 1 aromatic heterocycles. The van der Waals surface area contributed by atoms with E-state index in [0.29, 0.717) is 5.92 Å². The topological polar surface area (TPSA) is 13.1 Å². The lowest BCUT2D eigenvalue weighted by Gasteiger charge is -2.42. The number of aryl methyl sites for hydroxylation is 1. The number of pyridine rings is 1. The highest BCUT2D eigenvalue weighted by Gasteiger charge is 2.41. The van der Waals surface area contributed by atoms with Crippen molar-refractivity contribution in [3.63, 3.8) is 0 Å². The summed E-state index contributed by atoms with van der Waals surface area (Å²) in [5.74, 6) is 0.502. The monoisotopic (exact) mass is 362 g/mol. The third kappa shape index (κ3) is 7.78. The van der Waals surface area contributed by atoms with Gasteiger partial charge in [0.05, 0.1) is 12.2 Å². The van der Waals surface area contributed by atoms with Gasteiger partial charge in [0, 0.05) is 18.1 Å². The molecule has 1 atom stereocenters. The molecular formula is C24H44NO+. The first kappa shape index (κ1) is 23.1. The number of aromatic nitrogens is 1. The summed E-state index contributed by atoms with van der Waals surface area (Å²) in [5.41, 5.74) is 1.95. The van der Waals surface area contributed by atoms with Crippen LogP contribution in [0.25, 0.3) is 0 Å². The number of nitrogens with zero attached hydrogens (tertiary/aromatic N) is 1. The van der Waals surface area contributed by atoms with Crippen LogP contribution in [0.2, 0.25) is 0 Å². The molecule has 0 aromatic carbocycles. The number of hydrogen-bond donors (Lipinski definition) is 0. The Labute approximate surface area is 163 Å². The fourth-order valence-electron chi connectivity index (χ4n) is 4.11. The molecule has 1 heterocycles. The summed E-state index contributed by atoms with van der Waals surface area (Å²) >= 11 is 0. The van der Waals surface area contributed by atoms with Gasteiger partial charge in [-0.15, -0.1) is 0 Å². The summed E-state index contributed by atoms with van der Waals surface area (Å²) in [6.07, 6.45) is 4.48. The molecule has 2 nitrogen and oxygen atoms in total. The van der Waals surface area contributed by atoms with Crippen LogP contribution in [0, 0.1) is 16.2 Å². The third-order valence-electron chi connectivity index (χ3n) is 5.04. The van der Waals surface area contributed by atoms with E-state index in [1.54, 1.807) is 0 Å². The van der Waals surface area contributed by atoms with Crippen LogP contribution in [0.5, 0.6) is 0 Å². The van der Waals surface area contributed by atoms with Gasteiger partial charge in [0.25, 0.3) is 0 Å². The van der Waals surface area contributed by atoms with Crippen LogP contribution in [0.15, 0.2) is 24.4 Å². The van der Waals surface area contributed by atoms with Gasteiger partial charge in [-0.1, -0.05) is 54.5 Å². The highest BCUT2D eigenvalue weighted by Crippen LogP contribution is 2.48. The average molecular weight is 363 g/mol. The molecule has 1 aromatic rings. The smallest absolute Gasteiger partial charge is 0.184 e.